The molecule has 0 saturated heterocycles. The summed E-state index contributed by atoms with van der Waals surface area (Å²) in [4.78, 5) is 4.22. The molecule has 0 unspecified atom stereocenters. The topological polar surface area (TPSA) is 31.4 Å². The molecule has 2 aromatic rings. The Bertz CT molecular complexity index is 648. The van der Waals surface area contributed by atoms with E-state index in [1.165, 1.54) is 11.6 Å². The van der Waals surface area contributed by atoms with Crippen LogP contribution in [0.5, 0.6) is 11.6 Å². The van der Waals surface area contributed by atoms with Crippen LogP contribution >= 0.6 is 0 Å². The van der Waals surface area contributed by atoms with Gasteiger partial charge < -0.3 is 9.47 Å². The molecule has 0 aliphatic carbocycles. The van der Waals surface area contributed by atoms with Gasteiger partial charge in [-0.1, -0.05) is 46.2 Å². The molecule has 0 bridgehead atoms. The minimum Gasteiger partial charge on any atom is -0.436 e. The van der Waals surface area contributed by atoms with E-state index in [2.05, 4.69) is 32.7 Å². The number of aryl methyl sites for hydroxylation is 1. The molecule has 0 aliphatic heterocycles. The quantitative estimate of drug-likeness (QED) is 0.668. The van der Waals surface area contributed by atoms with Gasteiger partial charge in [0.1, 0.15) is 5.75 Å². The summed E-state index contributed by atoms with van der Waals surface area (Å²) in [5.74, 6) is 0.0799. The van der Waals surface area contributed by atoms with Crippen LogP contribution in [-0.2, 0) is 17.8 Å². The van der Waals surface area contributed by atoms with Crippen molar-refractivity contribution in [2.45, 2.75) is 47.1 Å². The molecule has 1 aromatic carbocycles. The van der Waals surface area contributed by atoms with Gasteiger partial charge in [0.05, 0.1) is 18.9 Å². The largest absolute Gasteiger partial charge is 0.436 e. The van der Waals surface area contributed by atoms with Gasteiger partial charge >= 0.3 is 0 Å². The summed E-state index contributed by atoms with van der Waals surface area (Å²) in [6, 6.07) is 10.7. The van der Waals surface area contributed by atoms with Crippen LogP contribution in [0, 0.1) is 11.2 Å². The number of hydrogen-bond acceptors (Lipinski definition) is 3. The lowest BCUT2D eigenvalue weighted by Gasteiger charge is -2.17. The Kier molecular flexibility index (Phi) is 6.32. The molecule has 0 saturated carbocycles. The first-order valence-corrected chi connectivity index (χ1v) is 8.37. The van der Waals surface area contributed by atoms with E-state index in [9.17, 15) is 4.39 Å². The first-order valence-electron chi connectivity index (χ1n) is 8.37. The van der Waals surface area contributed by atoms with Crippen molar-refractivity contribution in [1.29, 1.82) is 0 Å². The van der Waals surface area contributed by atoms with Gasteiger partial charge in [0.2, 0.25) is 0 Å². The zero-order valence-electron chi connectivity index (χ0n) is 14.9. The van der Waals surface area contributed by atoms with E-state index >= 15 is 0 Å². The summed E-state index contributed by atoms with van der Waals surface area (Å²) in [5.41, 5.74) is 1.97. The number of hydrogen-bond donors (Lipinski definition) is 0. The maximum absolute atomic E-state index is 13.9. The molecule has 0 N–H and O–H groups in total. The fraction of sp³-hybridized carbons (Fsp3) is 0.450. The van der Waals surface area contributed by atoms with Crippen LogP contribution in [0.1, 0.15) is 45.4 Å². The number of rotatable bonds is 7. The van der Waals surface area contributed by atoms with E-state index in [4.69, 9.17) is 9.47 Å². The predicted molar refractivity (Wildman–Crippen MR) is 93.8 cm³/mol. The van der Waals surface area contributed by atoms with E-state index < -0.39 is 5.82 Å². The van der Waals surface area contributed by atoms with Crippen molar-refractivity contribution < 1.29 is 13.9 Å². The maximum atomic E-state index is 13.9. The highest BCUT2D eigenvalue weighted by molar-refractivity contribution is 5.31. The maximum Gasteiger partial charge on any atom is 0.256 e. The van der Waals surface area contributed by atoms with Crippen molar-refractivity contribution in [2.24, 2.45) is 5.41 Å². The lowest BCUT2D eigenvalue weighted by Crippen LogP contribution is -2.14. The van der Waals surface area contributed by atoms with Gasteiger partial charge in [0.25, 0.3) is 5.88 Å². The molecule has 4 heteroatoms. The number of aromatic nitrogens is 1. The first kappa shape index (κ1) is 18.4. The molecule has 0 amide bonds. The second-order valence-electron chi connectivity index (χ2n) is 7.14. The van der Waals surface area contributed by atoms with Crippen LogP contribution < -0.4 is 4.74 Å². The van der Waals surface area contributed by atoms with Gasteiger partial charge in [-0.3, -0.25) is 0 Å². The number of pyridine rings is 1. The first-order chi connectivity index (χ1) is 11.4. The molecule has 0 fully saturated rings. The van der Waals surface area contributed by atoms with Gasteiger partial charge in [-0.25, -0.2) is 9.37 Å². The van der Waals surface area contributed by atoms with Crippen molar-refractivity contribution in [1.82, 2.24) is 4.98 Å². The summed E-state index contributed by atoms with van der Waals surface area (Å²) in [6.07, 6.45) is 2.11. The van der Waals surface area contributed by atoms with Crippen LogP contribution in [0.15, 0.2) is 36.4 Å². The summed E-state index contributed by atoms with van der Waals surface area (Å²) in [5, 5.41) is 0. The Hall–Kier alpha value is -1.94. The molecular weight excluding hydrogens is 305 g/mol. The average molecular weight is 331 g/mol. The molecule has 1 aromatic heterocycles. The van der Waals surface area contributed by atoms with Crippen molar-refractivity contribution in [3.05, 3.63) is 53.5 Å². The van der Waals surface area contributed by atoms with Crippen LogP contribution in [0.3, 0.4) is 0 Å². The molecule has 2 rings (SSSR count). The molecule has 24 heavy (non-hydrogen) atoms. The van der Waals surface area contributed by atoms with E-state index in [0.717, 1.165) is 12.8 Å². The fourth-order valence-electron chi connectivity index (χ4n) is 2.20. The number of benzene rings is 1. The van der Waals surface area contributed by atoms with Crippen LogP contribution in [0.4, 0.5) is 4.39 Å². The van der Waals surface area contributed by atoms with Gasteiger partial charge in [0, 0.05) is 0 Å². The van der Waals surface area contributed by atoms with Gasteiger partial charge in [-0.05, 0) is 41.7 Å². The second-order valence-corrected chi connectivity index (χ2v) is 7.14. The van der Waals surface area contributed by atoms with Crippen LogP contribution in [-0.4, -0.2) is 11.6 Å². The highest BCUT2D eigenvalue weighted by atomic mass is 19.1. The van der Waals surface area contributed by atoms with Crippen molar-refractivity contribution >= 4 is 0 Å². The SMILES string of the molecule is CCCc1ccc(Oc2nc(COCC(C)(C)C)ccc2F)cc1. The smallest absolute Gasteiger partial charge is 0.256 e. The Morgan fingerprint density at radius 2 is 1.75 bits per heavy atom. The Balaban J connectivity index is 2.02. The van der Waals surface area contributed by atoms with E-state index in [0.29, 0.717) is 24.7 Å². The zero-order chi connectivity index (χ0) is 17.6. The highest BCUT2D eigenvalue weighted by Gasteiger charge is 2.12. The summed E-state index contributed by atoms with van der Waals surface area (Å²) < 4.78 is 25.2. The summed E-state index contributed by atoms with van der Waals surface area (Å²) >= 11 is 0. The number of nitrogens with zero attached hydrogens (tertiary/aromatic N) is 1. The second kappa shape index (κ2) is 8.25. The number of halogens is 1. The summed E-state index contributed by atoms with van der Waals surface area (Å²) in [7, 11) is 0. The van der Waals surface area contributed by atoms with Crippen molar-refractivity contribution in [3.63, 3.8) is 0 Å². The Labute approximate surface area is 143 Å². The third-order valence-electron chi connectivity index (χ3n) is 3.33. The fourth-order valence-corrected chi connectivity index (χ4v) is 2.20. The molecule has 130 valence electrons. The summed E-state index contributed by atoms with van der Waals surface area (Å²) in [6.45, 7) is 9.38. The highest BCUT2D eigenvalue weighted by Crippen LogP contribution is 2.24. The predicted octanol–water partition coefficient (Wildman–Crippen LogP) is 5.53. The standard InChI is InChI=1S/C20H26FNO2/c1-5-6-15-7-10-17(11-8-15)24-19-18(21)12-9-16(22-19)13-23-14-20(2,3)4/h7-12H,5-6,13-14H2,1-4H3. The zero-order valence-corrected chi connectivity index (χ0v) is 14.9. The minimum atomic E-state index is -0.479. The molecule has 0 atom stereocenters. The van der Waals surface area contributed by atoms with Gasteiger partial charge in [-0.15, -0.1) is 0 Å². The molecule has 0 spiro atoms. The Morgan fingerprint density at radius 1 is 1.04 bits per heavy atom. The molecule has 0 aliphatic rings. The lowest BCUT2D eigenvalue weighted by atomic mass is 9.99. The normalized spacial score (nSPS) is 11.5. The minimum absolute atomic E-state index is 0.0184. The van der Waals surface area contributed by atoms with Crippen molar-refractivity contribution in [3.8, 4) is 11.6 Å². The van der Waals surface area contributed by atoms with Gasteiger partial charge in [-0.2, -0.15) is 0 Å². The Morgan fingerprint density at radius 3 is 2.38 bits per heavy atom. The monoisotopic (exact) mass is 331 g/mol. The van der Waals surface area contributed by atoms with E-state index in [1.807, 2.05) is 24.3 Å². The molecule has 0 radical (unpaired) electrons. The van der Waals surface area contributed by atoms with E-state index in [-0.39, 0.29) is 11.3 Å². The van der Waals surface area contributed by atoms with Crippen LogP contribution in [0.2, 0.25) is 0 Å². The molecule has 3 nitrogen and oxygen atoms in total. The van der Waals surface area contributed by atoms with Crippen molar-refractivity contribution in [2.75, 3.05) is 6.61 Å². The third-order valence-corrected chi connectivity index (χ3v) is 3.33. The molecular formula is C20H26FNO2. The van der Waals surface area contributed by atoms with E-state index in [1.54, 1.807) is 6.07 Å². The average Bonchev–Trinajstić information content (AvgIpc) is 2.51. The van der Waals surface area contributed by atoms with Gasteiger partial charge in [0.15, 0.2) is 5.82 Å². The number of ether oxygens (including phenoxy) is 2. The third kappa shape index (κ3) is 5.93. The lowest BCUT2D eigenvalue weighted by molar-refractivity contribution is 0.0578. The van der Waals surface area contributed by atoms with Crippen LogP contribution in [0.25, 0.3) is 0 Å². The molecule has 1 heterocycles.